The highest BCUT2D eigenvalue weighted by atomic mass is 32.2. The van der Waals surface area contributed by atoms with E-state index in [4.69, 9.17) is 22.8 Å². The number of hydrazone groups is 1. The summed E-state index contributed by atoms with van der Waals surface area (Å²) in [4.78, 5) is 13.3. The first-order valence-corrected chi connectivity index (χ1v) is 11.9. The van der Waals surface area contributed by atoms with Crippen molar-refractivity contribution in [3.63, 3.8) is 0 Å². The first-order chi connectivity index (χ1) is 16.8. The standard InChI is InChI=1S/C24H20N4O5S/c29-20(14-34-24-26-25-23(33-24)19-9-4-12-32-19)28-22(18-8-3-11-31-18)17-7-1-5-15(21(17)27-28)13-16-6-2-10-30-16/h2-4,6,8-13,17,22H,1,5,7,14H2. The van der Waals surface area contributed by atoms with Crippen LogP contribution in [0.2, 0.25) is 0 Å². The van der Waals surface area contributed by atoms with E-state index >= 15 is 0 Å². The molecule has 1 fully saturated rings. The van der Waals surface area contributed by atoms with Crippen molar-refractivity contribution in [3.05, 3.63) is 72.3 Å². The third-order valence-electron chi connectivity index (χ3n) is 5.91. The molecule has 6 rings (SSSR count). The van der Waals surface area contributed by atoms with E-state index in [0.717, 1.165) is 42.1 Å². The quantitative estimate of drug-likeness (QED) is 0.339. The molecule has 1 aliphatic heterocycles. The summed E-state index contributed by atoms with van der Waals surface area (Å²) in [7, 11) is 0. The van der Waals surface area contributed by atoms with Gasteiger partial charge in [0, 0.05) is 5.92 Å². The van der Waals surface area contributed by atoms with Gasteiger partial charge < -0.3 is 17.7 Å². The van der Waals surface area contributed by atoms with E-state index < -0.39 is 0 Å². The van der Waals surface area contributed by atoms with E-state index in [1.54, 1.807) is 29.7 Å². The Balaban J connectivity index is 1.25. The number of carbonyl (C=O) groups is 1. The number of thioether (sulfide) groups is 1. The number of hydrogen-bond donors (Lipinski definition) is 0. The smallest absolute Gasteiger partial charge is 0.284 e. The summed E-state index contributed by atoms with van der Waals surface area (Å²) in [5, 5.41) is 14.6. The average molecular weight is 477 g/mol. The molecule has 2 aliphatic rings. The Morgan fingerprint density at radius 2 is 1.94 bits per heavy atom. The van der Waals surface area contributed by atoms with Gasteiger partial charge in [0.05, 0.1) is 30.3 Å². The van der Waals surface area contributed by atoms with Gasteiger partial charge in [0.1, 0.15) is 17.6 Å². The number of allylic oxidation sites excluding steroid dienone is 1. The van der Waals surface area contributed by atoms with E-state index in [1.165, 1.54) is 18.0 Å². The van der Waals surface area contributed by atoms with Crippen LogP contribution in [0.3, 0.4) is 0 Å². The maximum atomic E-state index is 13.3. The van der Waals surface area contributed by atoms with Crippen LogP contribution in [-0.4, -0.2) is 32.6 Å². The number of carbonyl (C=O) groups excluding carboxylic acids is 1. The van der Waals surface area contributed by atoms with Crippen LogP contribution in [0.25, 0.3) is 17.7 Å². The molecule has 4 aromatic rings. The Morgan fingerprint density at radius 3 is 2.74 bits per heavy atom. The Hall–Kier alpha value is -3.79. The number of furan rings is 3. The van der Waals surface area contributed by atoms with Crippen molar-refractivity contribution in [2.24, 2.45) is 11.0 Å². The molecule has 2 atom stereocenters. The van der Waals surface area contributed by atoms with Gasteiger partial charge in [-0.05, 0) is 67.3 Å². The number of aromatic nitrogens is 2. The molecule has 0 N–H and O–H groups in total. The van der Waals surface area contributed by atoms with Gasteiger partial charge in [-0.25, -0.2) is 5.01 Å². The van der Waals surface area contributed by atoms with Gasteiger partial charge in [-0.3, -0.25) is 4.79 Å². The minimum Gasteiger partial charge on any atom is -0.467 e. The molecule has 9 nitrogen and oxygen atoms in total. The van der Waals surface area contributed by atoms with Gasteiger partial charge in [-0.2, -0.15) is 5.10 Å². The van der Waals surface area contributed by atoms with Crippen LogP contribution in [0.4, 0.5) is 0 Å². The van der Waals surface area contributed by atoms with E-state index in [9.17, 15) is 4.79 Å². The molecule has 172 valence electrons. The summed E-state index contributed by atoms with van der Waals surface area (Å²) in [6.45, 7) is 0. The fraction of sp³-hybridized carbons (Fsp3) is 0.250. The van der Waals surface area contributed by atoms with Crippen LogP contribution < -0.4 is 0 Å². The largest absolute Gasteiger partial charge is 0.467 e. The number of rotatable bonds is 6. The van der Waals surface area contributed by atoms with Gasteiger partial charge >= 0.3 is 0 Å². The second-order valence-corrected chi connectivity index (χ2v) is 8.93. The van der Waals surface area contributed by atoms with Crippen LogP contribution >= 0.6 is 11.8 Å². The highest BCUT2D eigenvalue weighted by molar-refractivity contribution is 7.99. The van der Waals surface area contributed by atoms with Crippen molar-refractivity contribution < 1.29 is 22.5 Å². The van der Waals surface area contributed by atoms with Crippen molar-refractivity contribution in [1.82, 2.24) is 15.2 Å². The Bertz CT molecular complexity index is 1320. The highest BCUT2D eigenvalue weighted by Crippen LogP contribution is 2.44. The second kappa shape index (κ2) is 8.86. The van der Waals surface area contributed by atoms with E-state index in [1.807, 2.05) is 30.3 Å². The fourth-order valence-corrected chi connectivity index (χ4v) is 5.06. The fourth-order valence-electron chi connectivity index (χ4n) is 4.45. The molecule has 2 unspecified atom stereocenters. The lowest BCUT2D eigenvalue weighted by molar-refractivity contribution is -0.131. The highest BCUT2D eigenvalue weighted by Gasteiger charge is 2.45. The Morgan fingerprint density at radius 1 is 1.09 bits per heavy atom. The summed E-state index contributed by atoms with van der Waals surface area (Å²) in [6.07, 6.45) is 9.63. The third kappa shape index (κ3) is 3.90. The van der Waals surface area contributed by atoms with E-state index in [0.29, 0.717) is 5.76 Å². The van der Waals surface area contributed by atoms with E-state index in [-0.39, 0.29) is 34.7 Å². The summed E-state index contributed by atoms with van der Waals surface area (Å²) in [5.41, 5.74) is 2.01. The zero-order chi connectivity index (χ0) is 22.9. The lowest BCUT2D eigenvalue weighted by atomic mass is 9.79. The van der Waals surface area contributed by atoms with Crippen molar-refractivity contribution >= 4 is 29.5 Å². The molecule has 0 radical (unpaired) electrons. The molecule has 0 saturated heterocycles. The molecular weight excluding hydrogens is 456 g/mol. The SMILES string of the molecule is O=C(CSc1nnc(-c2ccco2)o1)N1N=C2C(=Cc3ccco3)CCCC2C1c1ccco1. The second-order valence-electron chi connectivity index (χ2n) is 8.01. The lowest BCUT2D eigenvalue weighted by Crippen LogP contribution is -2.32. The first-order valence-electron chi connectivity index (χ1n) is 10.9. The maximum Gasteiger partial charge on any atom is 0.284 e. The molecule has 1 aliphatic carbocycles. The topological polar surface area (TPSA) is 111 Å². The predicted molar refractivity (Wildman–Crippen MR) is 122 cm³/mol. The summed E-state index contributed by atoms with van der Waals surface area (Å²) >= 11 is 1.17. The van der Waals surface area contributed by atoms with Crippen molar-refractivity contribution in [1.29, 1.82) is 0 Å². The Kier molecular flexibility index (Phi) is 5.42. The van der Waals surface area contributed by atoms with Crippen LogP contribution in [0.15, 0.2) is 88.8 Å². The molecule has 5 heterocycles. The normalized spacial score (nSPS) is 21.1. The monoisotopic (exact) mass is 476 g/mol. The first kappa shape index (κ1) is 20.8. The lowest BCUT2D eigenvalue weighted by Gasteiger charge is -2.27. The number of amides is 1. The maximum absolute atomic E-state index is 13.3. The average Bonchev–Trinajstić information content (AvgIpc) is 3.67. The Labute approximate surface area is 198 Å². The molecule has 0 bridgehead atoms. The van der Waals surface area contributed by atoms with Crippen LogP contribution in [0.1, 0.15) is 36.8 Å². The summed E-state index contributed by atoms with van der Waals surface area (Å²) in [5.74, 6) is 2.24. The zero-order valence-corrected chi connectivity index (χ0v) is 18.8. The minimum absolute atomic E-state index is 0.0593. The predicted octanol–water partition coefficient (Wildman–Crippen LogP) is 5.43. The van der Waals surface area contributed by atoms with Gasteiger partial charge in [-0.15, -0.1) is 10.2 Å². The van der Waals surface area contributed by atoms with Gasteiger partial charge in [0.2, 0.25) is 0 Å². The summed E-state index contributed by atoms with van der Waals surface area (Å²) < 4.78 is 22.1. The molecule has 1 saturated carbocycles. The molecular formula is C24H20N4O5S. The number of fused-ring (bicyclic) bond motifs is 1. The van der Waals surface area contributed by atoms with Gasteiger partial charge in [0.15, 0.2) is 5.76 Å². The van der Waals surface area contributed by atoms with Crippen LogP contribution in [0, 0.1) is 5.92 Å². The van der Waals surface area contributed by atoms with Gasteiger partial charge in [0.25, 0.3) is 17.0 Å². The summed E-state index contributed by atoms with van der Waals surface area (Å²) in [6, 6.07) is 10.7. The molecule has 34 heavy (non-hydrogen) atoms. The van der Waals surface area contributed by atoms with Crippen LogP contribution in [-0.2, 0) is 4.79 Å². The molecule has 4 aromatic heterocycles. The molecule has 1 amide bonds. The third-order valence-corrected chi connectivity index (χ3v) is 6.71. The molecule has 0 spiro atoms. The number of hydrogen-bond acceptors (Lipinski definition) is 9. The zero-order valence-electron chi connectivity index (χ0n) is 18.0. The van der Waals surface area contributed by atoms with Crippen molar-refractivity contribution in [3.8, 4) is 11.7 Å². The van der Waals surface area contributed by atoms with E-state index in [2.05, 4.69) is 10.2 Å². The van der Waals surface area contributed by atoms with Gasteiger partial charge in [-0.1, -0.05) is 11.8 Å². The minimum atomic E-state index is -0.292. The number of nitrogens with zero attached hydrogens (tertiary/aromatic N) is 4. The molecule has 10 heteroatoms. The van der Waals surface area contributed by atoms with Crippen LogP contribution in [0.5, 0.6) is 0 Å². The van der Waals surface area contributed by atoms with Crippen molar-refractivity contribution in [2.75, 3.05) is 5.75 Å². The molecule has 0 aromatic carbocycles. The van der Waals surface area contributed by atoms with Crippen molar-refractivity contribution in [2.45, 2.75) is 30.5 Å².